The van der Waals surface area contributed by atoms with Gasteiger partial charge in [0, 0.05) is 18.8 Å². The van der Waals surface area contributed by atoms with Gasteiger partial charge in [0.2, 0.25) is 0 Å². The van der Waals surface area contributed by atoms with E-state index in [-0.39, 0.29) is 5.75 Å². The number of ether oxygens (including phenoxy) is 2. The van der Waals surface area contributed by atoms with Gasteiger partial charge in [-0.25, -0.2) is 8.42 Å². The van der Waals surface area contributed by atoms with Gasteiger partial charge in [0.05, 0.1) is 50.1 Å². The number of nitrogens with zero attached hydrogens (tertiary/aromatic N) is 1. The molecule has 0 N–H and O–H groups in total. The molecule has 21 heavy (non-hydrogen) atoms. The highest BCUT2D eigenvalue weighted by Crippen LogP contribution is 2.05. The predicted octanol–water partition coefficient (Wildman–Crippen LogP) is 1.22. The van der Waals surface area contributed by atoms with Gasteiger partial charge in [-0.05, 0) is 13.3 Å². The smallest absolute Gasteiger partial charge is 0.102 e. The fourth-order valence-corrected chi connectivity index (χ4v) is 2.39. The Labute approximate surface area is 129 Å². The minimum Gasteiger partial charge on any atom is -0.748 e. The van der Waals surface area contributed by atoms with Gasteiger partial charge in [-0.3, -0.25) is 0 Å². The summed E-state index contributed by atoms with van der Waals surface area (Å²) in [7, 11) is -2.05. The zero-order valence-electron chi connectivity index (χ0n) is 13.7. The van der Waals surface area contributed by atoms with Crippen molar-refractivity contribution in [2.24, 2.45) is 0 Å². The van der Waals surface area contributed by atoms with Crippen LogP contribution in [0.4, 0.5) is 0 Å². The second-order valence-electron chi connectivity index (χ2n) is 5.58. The summed E-state index contributed by atoms with van der Waals surface area (Å²) in [6.45, 7) is 9.15. The number of unbranched alkanes of at least 4 members (excludes halogenated alkanes) is 1. The Morgan fingerprint density at radius 1 is 0.952 bits per heavy atom. The molecule has 0 aliphatic carbocycles. The summed E-state index contributed by atoms with van der Waals surface area (Å²) >= 11 is 0. The summed E-state index contributed by atoms with van der Waals surface area (Å²) in [6, 6.07) is 0. The maximum Gasteiger partial charge on any atom is 0.102 e. The summed E-state index contributed by atoms with van der Waals surface area (Å²) in [5, 5.41) is 0. The molecular weight excluding hydrogens is 294 g/mol. The van der Waals surface area contributed by atoms with Crippen LogP contribution in [0.25, 0.3) is 0 Å². The molecule has 6 nitrogen and oxygen atoms in total. The first-order valence-electron chi connectivity index (χ1n) is 7.75. The monoisotopic (exact) mass is 325 g/mol. The van der Waals surface area contributed by atoms with Crippen molar-refractivity contribution in [1.82, 2.24) is 0 Å². The van der Waals surface area contributed by atoms with Crippen molar-refractivity contribution in [1.29, 1.82) is 0 Å². The molecule has 1 atom stereocenters. The van der Waals surface area contributed by atoms with Crippen LogP contribution in [0, 0.1) is 0 Å². The first-order chi connectivity index (χ1) is 9.83. The van der Waals surface area contributed by atoms with Crippen molar-refractivity contribution in [3.05, 3.63) is 0 Å². The van der Waals surface area contributed by atoms with Crippen molar-refractivity contribution in [2.45, 2.75) is 33.1 Å². The van der Waals surface area contributed by atoms with E-state index in [1.165, 1.54) is 0 Å². The van der Waals surface area contributed by atoms with Gasteiger partial charge in [0.15, 0.2) is 0 Å². The maximum absolute atomic E-state index is 10.6. The van der Waals surface area contributed by atoms with Crippen molar-refractivity contribution >= 4 is 10.1 Å². The Morgan fingerprint density at radius 3 is 2.10 bits per heavy atom. The Morgan fingerprint density at radius 2 is 1.57 bits per heavy atom. The lowest BCUT2D eigenvalue weighted by Crippen LogP contribution is -2.47. The lowest BCUT2D eigenvalue weighted by molar-refractivity contribution is -0.908. The second-order valence-corrected chi connectivity index (χ2v) is 7.10. The van der Waals surface area contributed by atoms with E-state index in [1.54, 1.807) is 0 Å². The van der Waals surface area contributed by atoms with Crippen molar-refractivity contribution < 1.29 is 26.9 Å². The molecule has 1 unspecified atom stereocenters. The van der Waals surface area contributed by atoms with Crippen LogP contribution in [0.15, 0.2) is 0 Å². The molecule has 7 heteroatoms. The fraction of sp³-hybridized carbons (Fsp3) is 1.00. The molecule has 0 saturated heterocycles. The van der Waals surface area contributed by atoms with Gasteiger partial charge in [0.25, 0.3) is 0 Å². The number of likely N-dealkylation sites (N-methyl/N-ethyl adjacent to an activating group) is 1. The van der Waals surface area contributed by atoms with Crippen LogP contribution in [-0.2, 0) is 19.6 Å². The summed E-state index contributed by atoms with van der Waals surface area (Å²) in [5.41, 5.74) is 0. The van der Waals surface area contributed by atoms with E-state index in [0.29, 0.717) is 37.3 Å². The summed E-state index contributed by atoms with van der Waals surface area (Å²) in [6.07, 6.45) is 2.61. The van der Waals surface area contributed by atoms with Crippen LogP contribution in [0.2, 0.25) is 0 Å². The first kappa shape index (κ1) is 20.8. The van der Waals surface area contributed by atoms with Gasteiger partial charge >= 0.3 is 0 Å². The molecule has 0 aliphatic rings. The average Bonchev–Trinajstić information content (AvgIpc) is 2.40. The Balaban J connectivity index is 3.72. The van der Waals surface area contributed by atoms with E-state index in [9.17, 15) is 13.0 Å². The van der Waals surface area contributed by atoms with Crippen molar-refractivity contribution in [3.8, 4) is 0 Å². The minimum atomic E-state index is -4.10. The largest absolute Gasteiger partial charge is 0.748 e. The third-order valence-electron chi connectivity index (χ3n) is 3.65. The van der Waals surface area contributed by atoms with Crippen LogP contribution in [0.1, 0.15) is 33.1 Å². The molecule has 0 aromatic rings. The van der Waals surface area contributed by atoms with E-state index in [0.717, 1.165) is 32.5 Å². The van der Waals surface area contributed by atoms with Gasteiger partial charge < -0.3 is 18.5 Å². The van der Waals surface area contributed by atoms with Crippen LogP contribution in [0.3, 0.4) is 0 Å². The summed E-state index contributed by atoms with van der Waals surface area (Å²) in [4.78, 5) is 0. The minimum absolute atomic E-state index is 0.285. The zero-order chi connectivity index (χ0) is 16.2. The molecular formula is C14H31NO5S. The topological polar surface area (TPSA) is 75.7 Å². The SMILES string of the molecule is CCCCOCCOCC[N+](C)(CC)CCCS(=O)(=O)[O-]. The predicted molar refractivity (Wildman–Crippen MR) is 82.2 cm³/mol. The van der Waals surface area contributed by atoms with Crippen LogP contribution >= 0.6 is 0 Å². The second kappa shape index (κ2) is 11.4. The molecule has 0 amide bonds. The number of quaternary nitrogens is 1. The molecule has 0 bridgehead atoms. The number of hydrogen-bond acceptors (Lipinski definition) is 5. The lowest BCUT2D eigenvalue weighted by atomic mass is 10.3. The molecule has 0 aromatic carbocycles. The fourth-order valence-electron chi connectivity index (χ4n) is 1.90. The van der Waals surface area contributed by atoms with E-state index in [1.807, 2.05) is 0 Å². The lowest BCUT2D eigenvalue weighted by Gasteiger charge is -2.33. The quantitative estimate of drug-likeness (QED) is 0.273. The molecule has 0 spiro atoms. The molecule has 0 aromatic heterocycles. The standard InChI is InChI=1S/C14H31NO5S/c1-4-6-10-19-12-13-20-11-9-15(3,5-2)8-7-14-21(16,17)18/h4-14H2,1-3H3. The third kappa shape index (κ3) is 13.2. The highest BCUT2D eigenvalue weighted by Gasteiger charge is 2.18. The molecule has 0 aliphatic heterocycles. The van der Waals surface area contributed by atoms with E-state index < -0.39 is 10.1 Å². The molecule has 0 fully saturated rings. The Kier molecular flexibility index (Phi) is 11.3. The molecule has 0 heterocycles. The highest BCUT2D eigenvalue weighted by atomic mass is 32.2. The molecule has 0 rings (SSSR count). The van der Waals surface area contributed by atoms with Crippen molar-refractivity contribution in [2.75, 3.05) is 58.9 Å². The van der Waals surface area contributed by atoms with Crippen LogP contribution in [0.5, 0.6) is 0 Å². The molecule has 0 saturated carbocycles. The first-order valence-corrected chi connectivity index (χ1v) is 9.33. The summed E-state index contributed by atoms with van der Waals surface area (Å²) in [5.74, 6) is -0.285. The van der Waals surface area contributed by atoms with Gasteiger partial charge in [-0.2, -0.15) is 0 Å². The number of rotatable bonds is 14. The summed E-state index contributed by atoms with van der Waals surface area (Å²) < 4.78 is 43.5. The Bertz CT molecular complexity index is 347. The van der Waals surface area contributed by atoms with Gasteiger partial charge in [-0.15, -0.1) is 0 Å². The van der Waals surface area contributed by atoms with E-state index >= 15 is 0 Å². The maximum atomic E-state index is 10.6. The molecule has 128 valence electrons. The Hall–Kier alpha value is -0.210. The van der Waals surface area contributed by atoms with Crippen molar-refractivity contribution in [3.63, 3.8) is 0 Å². The van der Waals surface area contributed by atoms with Gasteiger partial charge in [-0.1, -0.05) is 13.3 Å². The van der Waals surface area contributed by atoms with Gasteiger partial charge in [0.1, 0.15) is 6.54 Å². The number of hydrogen-bond donors (Lipinski definition) is 0. The third-order valence-corrected chi connectivity index (χ3v) is 4.43. The molecule has 0 radical (unpaired) electrons. The van der Waals surface area contributed by atoms with Crippen LogP contribution in [-0.4, -0.2) is 76.3 Å². The van der Waals surface area contributed by atoms with E-state index in [2.05, 4.69) is 20.9 Å². The van der Waals surface area contributed by atoms with E-state index in [4.69, 9.17) is 9.47 Å². The highest BCUT2D eigenvalue weighted by molar-refractivity contribution is 7.85. The average molecular weight is 325 g/mol. The zero-order valence-corrected chi connectivity index (χ0v) is 14.5. The normalized spacial score (nSPS) is 15.0. The van der Waals surface area contributed by atoms with Crippen LogP contribution < -0.4 is 0 Å².